The predicted octanol–water partition coefficient (Wildman–Crippen LogP) is -9.84. The van der Waals surface area contributed by atoms with E-state index in [9.17, 15) is 79.2 Å². The van der Waals surface area contributed by atoms with Crippen LogP contribution in [0.25, 0.3) is 10.7 Å². The Morgan fingerprint density at radius 3 is 2.04 bits per heavy atom. The average Bonchev–Trinajstić information content (AvgIpc) is 0.994. The van der Waals surface area contributed by atoms with Crippen LogP contribution in [0.2, 0.25) is 0 Å². The summed E-state index contributed by atoms with van der Waals surface area (Å²) in [6.45, 7) is 2.95. The van der Waals surface area contributed by atoms with Gasteiger partial charge in [-0.15, -0.1) is 22.7 Å². The number of thiazole rings is 2. The number of hydrogen-bond acceptors (Lipinski definition) is 35. The van der Waals surface area contributed by atoms with E-state index in [1.54, 1.807) is 10.8 Å². The monoisotopic (exact) mass is 1550 g/mol. The molecule has 0 spiro atoms. The van der Waals surface area contributed by atoms with Crippen LogP contribution in [0.4, 0.5) is 10.6 Å². The Bertz CT molecular complexity index is 3670. The Morgan fingerprint density at radius 1 is 0.788 bits per heavy atom. The van der Waals surface area contributed by atoms with Gasteiger partial charge in [-0.1, -0.05) is 6.92 Å². The first-order valence-electron chi connectivity index (χ1n) is 31.3. The number of primary amides is 4. The highest BCUT2D eigenvalue weighted by Gasteiger charge is 2.54. The van der Waals surface area contributed by atoms with Crippen molar-refractivity contribution in [1.82, 2.24) is 61.8 Å². The van der Waals surface area contributed by atoms with Crippen molar-refractivity contribution in [2.75, 3.05) is 56.3 Å². The minimum Gasteiger partial charge on any atom is -0.726 e. The van der Waals surface area contributed by atoms with Gasteiger partial charge in [-0.25, -0.2) is 38.1 Å². The van der Waals surface area contributed by atoms with Crippen LogP contribution in [0, 0.1) is 12.8 Å². The molecule has 2 saturated heterocycles. The van der Waals surface area contributed by atoms with Crippen molar-refractivity contribution in [3.63, 3.8) is 0 Å². The van der Waals surface area contributed by atoms with Crippen LogP contribution in [0.1, 0.15) is 88.8 Å². The van der Waals surface area contributed by atoms with Gasteiger partial charge in [-0.3, -0.25) is 42.9 Å². The Hall–Kier alpha value is -7.96. The summed E-state index contributed by atoms with van der Waals surface area (Å²) >= 11 is 2.45. The van der Waals surface area contributed by atoms with Crippen molar-refractivity contribution >= 4 is 103 Å². The van der Waals surface area contributed by atoms with E-state index in [1.165, 1.54) is 50.4 Å². The van der Waals surface area contributed by atoms with Crippen LogP contribution < -0.4 is 66.3 Å². The number of aliphatic hydroxyl groups is 8. The third-order valence-electron chi connectivity index (χ3n) is 15.6. The normalized spacial score (nSPS) is 23.3. The summed E-state index contributed by atoms with van der Waals surface area (Å²) < 4.78 is 61.6. The van der Waals surface area contributed by atoms with E-state index in [2.05, 4.69) is 61.8 Å². The highest BCUT2D eigenvalue weighted by Crippen LogP contribution is 2.35. The Morgan fingerprint density at radius 2 is 1.44 bits per heavy atom. The van der Waals surface area contributed by atoms with Gasteiger partial charge in [-0.2, -0.15) is 0 Å². The number of nitrogens with zero attached hydrogens (tertiary/aromatic N) is 5. The van der Waals surface area contributed by atoms with Gasteiger partial charge in [0.15, 0.2) is 24.4 Å². The lowest BCUT2D eigenvalue weighted by molar-refractivity contribution is -0.372. The highest BCUT2D eigenvalue weighted by molar-refractivity contribution is 7.96. The number of aliphatic hydroxyl groups excluding tert-OH is 8. The number of imidazole rings is 1. The number of nitrogens with one attached hydrogen (secondary N) is 7. The lowest BCUT2D eigenvalue weighted by Crippen LogP contribution is -2.65. The van der Waals surface area contributed by atoms with Gasteiger partial charge in [0.1, 0.15) is 100 Å². The molecule has 4 aromatic rings. The molecule has 0 aromatic carbocycles. The van der Waals surface area contributed by atoms with E-state index in [0.717, 1.165) is 12.5 Å². The fourth-order valence-electron chi connectivity index (χ4n) is 10.1. The number of carbonyl (C=O) groups is 9. The number of aromatic nitrogens is 6. The first-order chi connectivity index (χ1) is 48.7. The molecular weight excluding hydrogens is 1470 g/mol. The minimum atomic E-state index is -4.92. The SMILES string of the molecule is Cc1c(N)nc(C(CC(N)=O)NCC(N)C(N)=O)nc1C(=O)NC(C(=O)NC(C)C(O)C(C)C(=O)NC(C(=O)NCCc1nc(-c2nc(C(=O)NCCC[S+](C)CC(N)=O)cs2)cs1)C(C)O)C(OC1OC(CO)C(O)C(O)C1OC1OC(CO)C(O)C(OC(N)=O)C1O)c1cnc[nH]1.O=S(=O)([O-])O. The molecule has 0 bridgehead atoms. The molecule has 9 amide bonds. The number of ether oxygens (including phenoxy) is 5. The zero-order valence-electron chi connectivity index (χ0n) is 56.1. The number of aromatic amines is 1. The fourth-order valence-corrected chi connectivity index (χ4v) is 13.0. The van der Waals surface area contributed by atoms with Gasteiger partial charge in [0, 0.05) is 55.2 Å². The number of rotatable bonds is 37. The number of anilines is 1. The molecule has 20 unspecified atom stereocenters. The van der Waals surface area contributed by atoms with Crippen LogP contribution in [0.5, 0.6) is 0 Å². The highest BCUT2D eigenvalue weighted by atomic mass is 32.3. The van der Waals surface area contributed by atoms with Gasteiger partial charge >= 0.3 is 6.09 Å². The van der Waals surface area contributed by atoms with Crippen LogP contribution >= 0.6 is 22.7 Å². The van der Waals surface area contributed by atoms with Crippen LogP contribution in [-0.4, -0.2) is 290 Å². The standard InChI is InChI=1S/C56H84N18O22S3.H2O4S/c1-20-34(71-47(74-45(20)60)25(11-31(58)78)66-12-24(57)46(61)85)51(89)73-36(42(26-13-63-19-67-26)94-55-44(40(83)38(81)29(14-75)93-55)95-54-41(84)43(96-56(62)91)39(82)30(15-76)92-54)52(90)68-22(3)37(80)21(2)48(86)72-35(23(4)77)50(88)65-9-7-33-69-28(17-97-33)53-70-27(16-98-53)49(87)64-8-6-10-99(5)18-32(59)79;1-5(2,3)4/h13,16-17,19,21-25,29-30,35-44,54-55,66,75-77,80-84H,6-12,14-15,18,57H2,1-5H3,(H15-,58,59,60,61,62,63,64,65,67,68,71,72,73,74,78,79,85,86,87,88,89,90,91);(H2,1,2,3,4). The molecule has 28 N–H and O–H groups in total. The maximum atomic E-state index is 15.2. The summed E-state index contributed by atoms with van der Waals surface area (Å²) in [4.78, 5) is 142. The molecule has 6 rings (SSSR count). The number of nitrogen functional groups attached to an aromatic ring is 1. The lowest BCUT2D eigenvalue weighted by atomic mass is 9.96. The third-order valence-corrected chi connectivity index (χ3v) is 19.1. The second kappa shape index (κ2) is 40.0. The van der Waals surface area contributed by atoms with E-state index >= 15 is 4.79 Å². The average molecular weight is 1560 g/mol. The summed E-state index contributed by atoms with van der Waals surface area (Å²) in [5.41, 5.74) is 33.2. The van der Waals surface area contributed by atoms with Gasteiger partial charge in [0.2, 0.25) is 39.9 Å². The molecule has 104 heavy (non-hydrogen) atoms. The van der Waals surface area contributed by atoms with Crippen LogP contribution in [0.15, 0.2) is 23.3 Å². The minimum absolute atomic E-state index is 0.0311. The van der Waals surface area contributed by atoms with E-state index in [1.807, 2.05) is 6.26 Å². The van der Waals surface area contributed by atoms with E-state index in [0.29, 0.717) is 34.4 Å². The predicted molar refractivity (Wildman–Crippen MR) is 359 cm³/mol. The molecule has 20 atom stereocenters. The third kappa shape index (κ3) is 25.4. The maximum absolute atomic E-state index is 15.2. The van der Waals surface area contributed by atoms with E-state index in [-0.39, 0.29) is 76.6 Å². The van der Waals surface area contributed by atoms with Crippen LogP contribution in [-0.2, 0) is 80.2 Å². The van der Waals surface area contributed by atoms with Crippen molar-refractivity contribution in [3.8, 4) is 10.7 Å². The second-order valence-corrected chi connectivity index (χ2v) is 28.6. The number of H-pyrrole nitrogens is 1. The molecule has 0 saturated carbocycles. The Kier molecular flexibility index (Phi) is 33.3. The van der Waals surface area contributed by atoms with Crippen molar-refractivity contribution in [2.45, 2.75) is 157 Å². The molecule has 580 valence electrons. The zero-order chi connectivity index (χ0) is 77.8. The molecule has 4 aromatic heterocycles. The molecule has 48 heteroatoms. The molecule has 2 aliphatic heterocycles. The number of nitrogens with two attached hydrogens (primary N) is 6. The van der Waals surface area contributed by atoms with Crippen LogP contribution in [0.3, 0.4) is 0 Å². The molecule has 6 heterocycles. The van der Waals surface area contributed by atoms with Gasteiger partial charge < -0.3 is 140 Å². The largest absolute Gasteiger partial charge is 0.726 e. The maximum Gasteiger partial charge on any atom is 0.404 e. The Labute approximate surface area is 602 Å². The molecule has 0 radical (unpaired) electrons. The first-order valence-corrected chi connectivity index (χ1v) is 36.3. The molecule has 2 fully saturated rings. The summed E-state index contributed by atoms with van der Waals surface area (Å²) in [5.74, 6) is -8.24. The van der Waals surface area contributed by atoms with Crippen molar-refractivity contribution < 1.29 is 125 Å². The second-order valence-electron chi connectivity index (χ2n) is 23.7. The topological polar surface area (TPSA) is 748 Å². The zero-order valence-corrected chi connectivity index (χ0v) is 59.4. The Balaban J connectivity index is 0.00000375. The molecule has 44 nitrogen and oxygen atoms in total. The first kappa shape index (κ1) is 86.7. The number of amides is 9. The quantitative estimate of drug-likeness (QED) is 0.00863. The summed E-state index contributed by atoms with van der Waals surface area (Å²) in [6.07, 6.45) is -22.7. The molecular formula is C56H86N18O26S4. The van der Waals surface area contributed by atoms with Gasteiger partial charge in [0.05, 0.1) is 78.9 Å². The van der Waals surface area contributed by atoms with Gasteiger partial charge in [-0.05, 0) is 31.7 Å². The molecule has 2 aliphatic rings. The summed E-state index contributed by atoms with van der Waals surface area (Å²) in [5, 5.41) is 108. The molecule has 0 aliphatic carbocycles. The fraction of sp³-hybridized carbons (Fsp3) is 0.607. The van der Waals surface area contributed by atoms with E-state index < -0.39 is 193 Å². The van der Waals surface area contributed by atoms with E-state index in [4.69, 9.17) is 75.6 Å². The number of hydrogen-bond donors (Lipinski definition) is 22. The smallest absolute Gasteiger partial charge is 0.404 e. The summed E-state index contributed by atoms with van der Waals surface area (Å²) in [6, 6.07) is -7.90. The van der Waals surface area contributed by atoms with Gasteiger partial charge in [0.25, 0.3) is 17.7 Å². The van der Waals surface area contributed by atoms with Crippen molar-refractivity contribution in [2.24, 2.45) is 34.6 Å². The number of carbonyl (C=O) groups excluding carboxylic acids is 9. The lowest BCUT2D eigenvalue weighted by Gasteiger charge is -2.47. The van der Waals surface area contributed by atoms with Crippen molar-refractivity contribution in [1.29, 1.82) is 0 Å². The summed E-state index contributed by atoms with van der Waals surface area (Å²) in [7, 11) is -5.12. The van der Waals surface area contributed by atoms with Crippen molar-refractivity contribution in [3.05, 3.63) is 56.8 Å².